The Kier molecular flexibility index (Phi) is 3.85. The molecule has 1 N–H and O–H groups in total. The van der Waals surface area contributed by atoms with Crippen LogP contribution in [0, 0.1) is 16.7 Å². The minimum atomic E-state index is -0.0671. The Bertz CT molecular complexity index is 523. The summed E-state index contributed by atoms with van der Waals surface area (Å²) in [6, 6.07) is 3.43. The highest BCUT2D eigenvalue weighted by atomic mass is 35.5. The average molecular weight is 295 g/mol. The zero-order chi connectivity index (χ0) is 15.1. The van der Waals surface area contributed by atoms with Gasteiger partial charge in [-0.1, -0.05) is 46.2 Å². The summed E-state index contributed by atoms with van der Waals surface area (Å²) in [6.07, 6.45) is 0.767. The van der Waals surface area contributed by atoms with Crippen molar-refractivity contribution in [3.8, 4) is 0 Å². The Morgan fingerprint density at radius 3 is 2.40 bits per heavy atom. The monoisotopic (exact) mass is 294 g/mol. The van der Waals surface area contributed by atoms with Crippen molar-refractivity contribution in [2.45, 2.75) is 41.0 Å². The maximum atomic E-state index is 12.2. The normalized spacial score (nSPS) is 19.7. The lowest BCUT2D eigenvalue weighted by Gasteiger charge is -2.08. The van der Waals surface area contributed by atoms with Crippen LogP contribution < -0.4 is 5.32 Å². The summed E-state index contributed by atoms with van der Waals surface area (Å²) in [7, 11) is 0. The predicted octanol–water partition coefficient (Wildman–Crippen LogP) is 3.71. The number of rotatable bonds is 4. The minimum absolute atomic E-state index is 0.0671. The first-order valence-electron chi connectivity index (χ1n) is 7.14. The zero-order valence-corrected chi connectivity index (χ0v) is 13.6. The molecule has 110 valence electrons. The minimum Gasteiger partial charge on any atom is -0.352 e. The van der Waals surface area contributed by atoms with Crippen LogP contribution in [0.1, 0.15) is 50.7 Å². The van der Waals surface area contributed by atoms with Crippen LogP contribution in [-0.2, 0) is 6.42 Å². The van der Waals surface area contributed by atoms with Gasteiger partial charge in [0.2, 0.25) is 0 Å². The van der Waals surface area contributed by atoms with Gasteiger partial charge < -0.3 is 5.32 Å². The van der Waals surface area contributed by atoms with Gasteiger partial charge in [0.1, 0.15) is 5.15 Å². The average Bonchev–Trinajstić information content (AvgIpc) is 2.76. The van der Waals surface area contributed by atoms with E-state index in [9.17, 15) is 4.79 Å². The van der Waals surface area contributed by atoms with Crippen LogP contribution in [0.5, 0.6) is 0 Å². The van der Waals surface area contributed by atoms with Crippen LogP contribution in [0.25, 0.3) is 0 Å². The van der Waals surface area contributed by atoms with Gasteiger partial charge in [0.05, 0.1) is 0 Å². The van der Waals surface area contributed by atoms with Gasteiger partial charge in [0, 0.05) is 17.8 Å². The van der Waals surface area contributed by atoms with Crippen LogP contribution in [-0.4, -0.2) is 17.4 Å². The number of amides is 1. The number of hydrogen-bond acceptors (Lipinski definition) is 2. The molecule has 0 aromatic carbocycles. The molecule has 4 heteroatoms. The number of carbonyl (C=O) groups excluding carboxylic acids is 1. The first-order valence-corrected chi connectivity index (χ1v) is 7.52. The molecular weight excluding hydrogens is 272 g/mol. The number of pyridine rings is 1. The maximum absolute atomic E-state index is 12.2. The van der Waals surface area contributed by atoms with Gasteiger partial charge in [0.25, 0.3) is 5.91 Å². The highest BCUT2D eigenvalue weighted by molar-refractivity contribution is 6.29. The molecule has 1 amide bonds. The van der Waals surface area contributed by atoms with Gasteiger partial charge in [-0.2, -0.15) is 0 Å². The second-order valence-corrected chi connectivity index (χ2v) is 7.12. The van der Waals surface area contributed by atoms with Crippen molar-refractivity contribution < 1.29 is 4.79 Å². The molecule has 1 aliphatic carbocycles. The Balaban J connectivity index is 2.02. The van der Waals surface area contributed by atoms with Crippen molar-refractivity contribution in [2.75, 3.05) is 6.54 Å². The van der Waals surface area contributed by atoms with Crippen LogP contribution >= 0.6 is 11.6 Å². The van der Waals surface area contributed by atoms with E-state index in [1.165, 1.54) is 0 Å². The van der Waals surface area contributed by atoms with Crippen molar-refractivity contribution in [2.24, 2.45) is 16.7 Å². The Hall–Kier alpha value is -1.09. The molecule has 3 nitrogen and oxygen atoms in total. The molecule has 1 saturated carbocycles. The van der Waals surface area contributed by atoms with Crippen molar-refractivity contribution in [1.82, 2.24) is 10.3 Å². The first-order chi connectivity index (χ1) is 9.20. The fourth-order valence-corrected chi connectivity index (χ4v) is 3.23. The summed E-state index contributed by atoms with van der Waals surface area (Å²) in [5.41, 5.74) is 2.00. The van der Waals surface area contributed by atoms with Crippen molar-refractivity contribution >= 4 is 17.5 Å². The number of aromatic nitrogens is 1. The molecule has 0 spiro atoms. The van der Waals surface area contributed by atoms with E-state index >= 15 is 0 Å². The highest BCUT2D eigenvalue weighted by Gasteiger charge is 2.64. The lowest BCUT2D eigenvalue weighted by molar-refractivity contribution is 0.0949. The van der Waals surface area contributed by atoms with Crippen LogP contribution in [0.4, 0.5) is 0 Å². The summed E-state index contributed by atoms with van der Waals surface area (Å²) in [5.74, 6) is 0.449. The summed E-state index contributed by atoms with van der Waals surface area (Å²) in [4.78, 5) is 16.4. The van der Waals surface area contributed by atoms with E-state index in [2.05, 4.69) is 38.0 Å². The number of nitrogens with zero attached hydrogens (tertiary/aromatic N) is 1. The van der Waals surface area contributed by atoms with Gasteiger partial charge >= 0.3 is 0 Å². The zero-order valence-electron chi connectivity index (χ0n) is 12.9. The third kappa shape index (κ3) is 2.56. The van der Waals surface area contributed by atoms with Crippen molar-refractivity contribution in [3.63, 3.8) is 0 Å². The third-order valence-corrected chi connectivity index (χ3v) is 5.45. The molecule has 0 bridgehead atoms. The molecule has 1 fully saturated rings. The quantitative estimate of drug-likeness (QED) is 0.860. The fraction of sp³-hybridized carbons (Fsp3) is 0.625. The van der Waals surface area contributed by atoms with E-state index in [4.69, 9.17) is 11.6 Å². The summed E-state index contributed by atoms with van der Waals surface area (Å²) in [6.45, 7) is 11.7. The van der Waals surface area contributed by atoms with E-state index < -0.39 is 0 Å². The predicted molar refractivity (Wildman–Crippen MR) is 82.0 cm³/mol. The molecular formula is C16H23ClN2O. The SMILES string of the molecule is CCc1cc(C(=O)NCC2C(C)(C)C2(C)C)cc(Cl)n1. The van der Waals surface area contributed by atoms with Crippen LogP contribution in [0.3, 0.4) is 0 Å². The third-order valence-electron chi connectivity index (χ3n) is 5.26. The largest absolute Gasteiger partial charge is 0.352 e. The highest BCUT2D eigenvalue weighted by Crippen LogP contribution is 2.67. The van der Waals surface area contributed by atoms with Gasteiger partial charge in [-0.25, -0.2) is 4.98 Å². The molecule has 20 heavy (non-hydrogen) atoms. The number of hydrogen-bond donors (Lipinski definition) is 1. The molecule has 0 aliphatic heterocycles. The Labute approximate surface area is 126 Å². The fourth-order valence-electron chi connectivity index (χ4n) is 3.00. The van der Waals surface area contributed by atoms with E-state index in [1.54, 1.807) is 6.07 Å². The topological polar surface area (TPSA) is 42.0 Å². The summed E-state index contributed by atoms with van der Waals surface area (Å²) >= 11 is 5.95. The van der Waals surface area contributed by atoms with Crippen molar-refractivity contribution in [3.05, 3.63) is 28.5 Å². The van der Waals surface area contributed by atoms with Gasteiger partial charge in [-0.05, 0) is 35.3 Å². The van der Waals surface area contributed by atoms with E-state index in [0.29, 0.717) is 23.2 Å². The Morgan fingerprint density at radius 2 is 1.90 bits per heavy atom. The van der Waals surface area contributed by atoms with E-state index in [0.717, 1.165) is 12.1 Å². The molecule has 1 aromatic heterocycles. The van der Waals surface area contributed by atoms with Gasteiger partial charge in [-0.3, -0.25) is 4.79 Å². The molecule has 2 rings (SSSR count). The molecule has 1 aromatic rings. The maximum Gasteiger partial charge on any atom is 0.251 e. The van der Waals surface area contributed by atoms with Crippen LogP contribution in [0.2, 0.25) is 5.15 Å². The van der Waals surface area contributed by atoms with E-state index in [1.807, 2.05) is 13.0 Å². The van der Waals surface area contributed by atoms with Gasteiger partial charge in [-0.15, -0.1) is 0 Å². The lowest BCUT2D eigenvalue weighted by Crippen LogP contribution is -2.27. The molecule has 0 saturated heterocycles. The number of carbonyl (C=O) groups is 1. The summed E-state index contributed by atoms with van der Waals surface area (Å²) < 4.78 is 0. The van der Waals surface area contributed by atoms with Crippen LogP contribution in [0.15, 0.2) is 12.1 Å². The molecule has 1 aliphatic rings. The van der Waals surface area contributed by atoms with E-state index in [-0.39, 0.29) is 16.7 Å². The number of aryl methyl sites for hydroxylation is 1. The first kappa shape index (κ1) is 15.3. The molecule has 0 unspecified atom stereocenters. The standard InChI is InChI=1S/C16H23ClN2O/c1-6-11-7-10(8-13(17)19-11)14(20)18-9-12-15(2,3)16(12,4)5/h7-8,12H,6,9H2,1-5H3,(H,18,20). The summed E-state index contributed by atoms with van der Waals surface area (Å²) in [5, 5.41) is 3.40. The second-order valence-electron chi connectivity index (χ2n) is 6.73. The number of nitrogens with one attached hydrogen (secondary N) is 1. The molecule has 0 radical (unpaired) electrons. The smallest absolute Gasteiger partial charge is 0.251 e. The van der Waals surface area contributed by atoms with Crippen molar-refractivity contribution in [1.29, 1.82) is 0 Å². The molecule has 1 heterocycles. The Morgan fingerprint density at radius 1 is 1.30 bits per heavy atom. The number of halogens is 1. The second kappa shape index (κ2) is 5.03. The van der Waals surface area contributed by atoms with Gasteiger partial charge in [0.15, 0.2) is 0 Å². The molecule has 0 atom stereocenters. The lowest BCUT2D eigenvalue weighted by atomic mass is 10.0.